The second kappa shape index (κ2) is 5.29. The Kier molecular flexibility index (Phi) is 3.75. The van der Waals surface area contributed by atoms with E-state index in [0.29, 0.717) is 11.7 Å². The predicted octanol–water partition coefficient (Wildman–Crippen LogP) is 1.47. The topological polar surface area (TPSA) is 80.5 Å². The minimum absolute atomic E-state index is 0.647. The van der Waals surface area contributed by atoms with Crippen molar-refractivity contribution >= 4 is 11.8 Å². The van der Waals surface area contributed by atoms with Crippen molar-refractivity contribution in [3.8, 4) is 0 Å². The van der Waals surface area contributed by atoms with Gasteiger partial charge >= 0.3 is 0 Å². The molecular formula is C11H15N5S. The van der Waals surface area contributed by atoms with Crippen molar-refractivity contribution in [2.24, 2.45) is 5.73 Å². The van der Waals surface area contributed by atoms with Gasteiger partial charge in [0.1, 0.15) is 10.9 Å². The summed E-state index contributed by atoms with van der Waals surface area (Å²) < 4.78 is 0. The van der Waals surface area contributed by atoms with Crippen molar-refractivity contribution in [2.75, 3.05) is 6.54 Å². The molecule has 0 aliphatic rings. The Balaban J connectivity index is 2.16. The molecule has 0 radical (unpaired) electrons. The van der Waals surface area contributed by atoms with E-state index in [4.69, 9.17) is 5.73 Å². The van der Waals surface area contributed by atoms with Crippen LogP contribution in [0.25, 0.3) is 0 Å². The maximum atomic E-state index is 5.52. The molecule has 2 aromatic heterocycles. The van der Waals surface area contributed by atoms with Gasteiger partial charge in [-0.1, -0.05) is 6.07 Å². The molecular weight excluding hydrogens is 234 g/mol. The summed E-state index contributed by atoms with van der Waals surface area (Å²) in [5, 5.41) is 8.53. The lowest BCUT2D eigenvalue weighted by Gasteiger charge is -2.04. The van der Waals surface area contributed by atoms with E-state index >= 15 is 0 Å². The van der Waals surface area contributed by atoms with Gasteiger partial charge in [-0.25, -0.2) is 9.97 Å². The van der Waals surface area contributed by atoms with Gasteiger partial charge in [-0.15, -0.1) is 5.10 Å². The number of nitrogens with two attached hydrogens (primary N) is 1. The van der Waals surface area contributed by atoms with Crippen LogP contribution in [-0.2, 0) is 6.42 Å². The van der Waals surface area contributed by atoms with Gasteiger partial charge in [0.2, 0.25) is 5.16 Å². The van der Waals surface area contributed by atoms with Crippen molar-refractivity contribution < 1.29 is 0 Å². The quantitative estimate of drug-likeness (QED) is 0.857. The van der Waals surface area contributed by atoms with Crippen LogP contribution in [0.5, 0.6) is 0 Å². The lowest BCUT2D eigenvalue weighted by Crippen LogP contribution is -2.03. The molecule has 0 bridgehead atoms. The van der Waals surface area contributed by atoms with Crippen LogP contribution in [0.15, 0.2) is 22.4 Å². The fourth-order valence-corrected chi connectivity index (χ4v) is 2.26. The SMILES string of the molecule is Cc1nc(Sc2ncc(CCN)cc2C)n[nH]1. The first-order valence-corrected chi connectivity index (χ1v) is 6.23. The third kappa shape index (κ3) is 3.04. The molecule has 0 spiro atoms. The number of aryl methyl sites for hydroxylation is 2. The van der Waals surface area contributed by atoms with Crippen LogP contribution in [0.4, 0.5) is 0 Å². The monoisotopic (exact) mass is 249 g/mol. The summed E-state index contributed by atoms with van der Waals surface area (Å²) in [4.78, 5) is 8.66. The van der Waals surface area contributed by atoms with Crippen LogP contribution in [0.3, 0.4) is 0 Å². The first kappa shape index (κ1) is 12.1. The third-order valence-electron chi connectivity index (χ3n) is 2.28. The van der Waals surface area contributed by atoms with Crippen molar-refractivity contribution in [1.82, 2.24) is 20.2 Å². The Labute approximate surface area is 104 Å². The number of H-pyrrole nitrogens is 1. The summed E-state index contributed by atoms with van der Waals surface area (Å²) in [6, 6.07) is 2.11. The maximum Gasteiger partial charge on any atom is 0.214 e. The number of nitrogens with one attached hydrogen (secondary N) is 1. The smallest absolute Gasteiger partial charge is 0.214 e. The van der Waals surface area contributed by atoms with E-state index < -0.39 is 0 Å². The van der Waals surface area contributed by atoms with E-state index in [1.165, 1.54) is 17.3 Å². The fourth-order valence-electron chi connectivity index (χ4n) is 1.48. The van der Waals surface area contributed by atoms with Crippen LogP contribution in [-0.4, -0.2) is 26.7 Å². The second-order valence-corrected chi connectivity index (χ2v) is 4.77. The average Bonchev–Trinajstić information content (AvgIpc) is 2.69. The Bertz CT molecular complexity index is 508. The highest BCUT2D eigenvalue weighted by Crippen LogP contribution is 2.25. The van der Waals surface area contributed by atoms with Crippen molar-refractivity contribution in [3.05, 3.63) is 29.2 Å². The van der Waals surface area contributed by atoms with Crippen molar-refractivity contribution in [1.29, 1.82) is 0 Å². The molecule has 2 rings (SSSR count). The minimum Gasteiger partial charge on any atom is -0.330 e. The standard InChI is InChI=1S/C11H15N5S/c1-7-5-9(3-4-12)6-13-10(7)17-11-14-8(2)15-16-11/h5-6H,3-4,12H2,1-2H3,(H,14,15,16). The highest BCUT2D eigenvalue weighted by molar-refractivity contribution is 7.99. The van der Waals surface area contributed by atoms with Gasteiger partial charge < -0.3 is 5.73 Å². The molecule has 5 nitrogen and oxygen atoms in total. The average molecular weight is 249 g/mol. The van der Waals surface area contributed by atoms with Gasteiger partial charge in [0.05, 0.1) is 0 Å². The summed E-state index contributed by atoms with van der Waals surface area (Å²) >= 11 is 1.47. The molecule has 2 aromatic rings. The van der Waals surface area contributed by atoms with Gasteiger partial charge in [0.15, 0.2) is 0 Å². The van der Waals surface area contributed by atoms with Crippen molar-refractivity contribution in [3.63, 3.8) is 0 Å². The summed E-state index contributed by atoms with van der Waals surface area (Å²) in [6.07, 6.45) is 2.72. The Morgan fingerprint density at radius 3 is 2.82 bits per heavy atom. The first-order chi connectivity index (χ1) is 8.19. The fraction of sp³-hybridized carbons (Fsp3) is 0.364. The Hall–Kier alpha value is -1.40. The predicted molar refractivity (Wildman–Crippen MR) is 67.0 cm³/mol. The molecule has 0 atom stereocenters. The van der Waals surface area contributed by atoms with Crippen LogP contribution < -0.4 is 5.73 Å². The summed E-state index contributed by atoms with van der Waals surface area (Å²) in [5.41, 5.74) is 7.81. The zero-order chi connectivity index (χ0) is 12.3. The molecule has 0 unspecified atom stereocenters. The molecule has 0 aromatic carbocycles. The molecule has 0 fully saturated rings. The normalized spacial score (nSPS) is 10.8. The molecule has 0 saturated heterocycles. The van der Waals surface area contributed by atoms with E-state index in [2.05, 4.69) is 26.2 Å². The first-order valence-electron chi connectivity index (χ1n) is 5.41. The van der Waals surface area contributed by atoms with Gasteiger partial charge in [-0.3, -0.25) is 5.10 Å². The number of nitrogens with zero attached hydrogens (tertiary/aromatic N) is 3. The molecule has 90 valence electrons. The molecule has 0 amide bonds. The molecule has 6 heteroatoms. The summed E-state index contributed by atoms with van der Waals surface area (Å²) in [6.45, 7) is 4.56. The number of pyridine rings is 1. The van der Waals surface area contributed by atoms with E-state index in [-0.39, 0.29) is 0 Å². The number of rotatable bonds is 4. The second-order valence-electron chi connectivity index (χ2n) is 3.81. The van der Waals surface area contributed by atoms with Crippen LogP contribution in [0.1, 0.15) is 17.0 Å². The molecule has 3 N–H and O–H groups in total. The summed E-state index contributed by atoms with van der Waals surface area (Å²) in [5.74, 6) is 0.810. The van der Waals surface area contributed by atoms with Gasteiger partial charge in [-0.2, -0.15) is 0 Å². The largest absolute Gasteiger partial charge is 0.330 e. The number of aromatic nitrogens is 4. The van der Waals surface area contributed by atoms with Gasteiger partial charge in [-0.05, 0) is 49.7 Å². The van der Waals surface area contributed by atoms with E-state index in [1.54, 1.807) is 0 Å². The summed E-state index contributed by atoms with van der Waals surface area (Å²) in [7, 11) is 0. The number of aromatic amines is 1. The minimum atomic E-state index is 0.647. The molecule has 2 heterocycles. The lowest BCUT2D eigenvalue weighted by molar-refractivity contribution is 0.929. The molecule has 0 aliphatic heterocycles. The van der Waals surface area contributed by atoms with Crippen LogP contribution in [0, 0.1) is 13.8 Å². The van der Waals surface area contributed by atoms with E-state index in [0.717, 1.165) is 22.8 Å². The van der Waals surface area contributed by atoms with Crippen LogP contribution >= 0.6 is 11.8 Å². The number of hydrogen-bond acceptors (Lipinski definition) is 5. The van der Waals surface area contributed by atoms with E-state index in [1.807, 2.05) is 20.0 Å². The zero-order valence-corrected chi connectivity index (χ0v) is 10.7. The van der Waals surface area contributed by atoms with E-state index in [9.17, 15) is 0 Å². The zero-order valence-electron chi connectivity index (χ0n) is 9.90. The van der Waals surface area contributed by atoms with Gasteiger partial charge in [0, 0.05) is 6.20 Å². The Morgan fingerprint density at radius 2 is 2.24 bits per heavy atom. The molecule has 17 heavy (non-hydrogen) atoms. The van der Waals surface area contributed by atoms with Crippen LogP contribution in [0.2, 0.25) is 0 Å². The molecule has 0 saturated carbocycles. The molecule has 0 aliphatic carbocycles. The van der Waals surface area contributed by atoms with Crippen molar-refractivity contribution in [2.45, 2.75) is 30.5 Å². The lowest BCUT2D eigenvalue weighted by atomic mass is 10.2. The number of hydrogen-bond donors (Lipinski definition) is 2. The Morgan fingerprint density at radius 1 is 1.41 bits per heavy atom. The third-order valence-corrected chi connectivity index (χ3v) is 3.27. The van der Waals surface area contributed by atoms with Gasteiger partial charge in [0.25, 0.3) is 0 Å². The highest BCUT2D eigenvalue weighted by atomic mass is 32.2. The highest BCUT2D eigenvalue weighted by Gasteiger charge is 2.07. The maximum absolute atomic E-state index is 5.52.